The highest BCUT2D eigenvalue weighted by molar-refractivity contribution is 7.19. The maximum Gasteiger partial charge on any atom is 0.225 e. The van der Waals surface area contributed by atoms with Crippen molar-refractivity contribution in [2.24, 2.45) is 0 Å². The van der Waals surface area contributed by atoms with Crippen molar-refractivity contribution in [3.8, 4) is 11.3 Å². The molecule has 0 radical (unpaired) electrons. The molecule has 1 N–H and O–H groups in total. The average molecular weight is 403 g/mol. The quantitative estimate of drug-likeness (QED) is 0.524. The zero-order valence-electron chi connectivity index (χ0n) is 16.4. The Bertz CT molecular complexity index is 1200. The van der Waals surface area contributed by atoms with Crippen LogP contribution in [-0.2, 0) is 19.4 Å². The molecule has 0 bridgehead atoms. The van der Waals surface area contributed by atoms with Crippen LogP contribution in [0.15, 0.2) is 30.6 Å². The lowest BCUT2D eigenvalue weighted by Crippen LogP contribution is -2.10. The number of aromatic nitrogens is 5. The van der Waals surface area contributed by atoms with E-state index >= 15 is 0 Å². The standard InChI is InChI=1S/C22H22N6S/c1-13-5-7-14(8-6-13)20-19-16-3-2-4-17(16)29-21(19)26-22(25-20)23-11-18-27-24-12-28(18)15-9-10-15/h5-8,12,15H,2-4,9-11H2,1H3,(H,23,25,26). The minimum absolute atomic E-state index is 0.564. The molecule has 2 aliphatic carbocycles. The van der Waals surface area contributed by atoms with Gasteiger partial charge in [0, 0.05) is 21.9 Å². The fourth-order valence-corrected chi connectivity index (χ4v) is 5.47. The summed E-state index contributed by atoms with van der Waals surface area (Å²) >= 11 is 1.83. The summed E-state index contributed by atoms with van der Waals surface area (Å²) in [4.78, 5) is 12.4. The molecule has 3 heterocycles. The van der Waals surface area contributed by atoms with E-state index in [9.17, 15) is 0 Å². The second kappa shape index (κ2) is 6.62. The molecular formula is C22H22N6S. The first-order valence-corrected chi connectivity index (χ1v) is 11.1. The van der Waals surface area contributed by atoms with Crippen LogP contribution < -0.4 is 5.32 Å². The number of nitrogens with one attached hydrogen (secondary N) is 1. The van der Waals surface area contributed by atoms with Crippen LogP contribution in [0.3, 0.4) is 0 Å². The van der Waals surface area contributed by atoms with E-state index in [2.05, 4.69) is 51.3 Å². The van der Waals surface area contributed by atoms with Crippen LogP contribution in [0.2, 0.25) is 0 Å². The fourth-order valence-electron chi connectivity index (χ4n) is 4.20. The van der Waals surface area contributed by atoms with Crippen LogP contribution in [0.1, 0.15) is 47.1 Å². The normalized spacial score (nSPS) is 15.8. The van der Waals surface area contributed by atoms with E-state index in [0.717, 1.165) is 34.8 Å². The molecule has 0 saturated heterocycles. The molecule has 0 amide bonds. The van der Waals surface area contributed by atoms with Crippen molar-refractivity contribution in [1.82, 2.24) is 24.7 Å². The van der Waals surface area contributed by atoms with Gasteiger partial charge in [-0.3, -0.25) is 0 Å². The lowest BCUT2D eigenvalue weighted by atomic mass is 10.0. The summed E-state index contributed by atoms with van der Waals surface area (Å²) in [5.41, 5.74) is 4.91. The van der Waals surface area contributed by atoms with Crippen molar-refractivity contribution in [3.05, 3.63) is 52.4 Å². The number of nitrogens with zero attached hydrogens (tertiary/aromatic N) is 5. The minimum Gasteiger partial charge on any atom is -0.347 e. The van der Waals surface area contributed by atoms with Crippen LogP contribution in [0.4, 0.5) is 5.95 Å². The second-order valence-corrected chi connectivity index (χ2v) is 9.12. The molecule has 1 saturated carbocycles. The summed E-state index contributed by atoms with van der Waals surface area (Å²) in [6.07, 6.45) is 7.80. The molecule has 3 aromatic heterocycles. The highest BCUT2D eigenvalue weighted by Crippen LogP contribution is 2.41. The van der Waals surface area contributed by atoms with Crippen LogP contribution >= 0.6 is 11.3 Å². The number of thiophene rings is 1. The Morgan fingerprint density at radius 3 is 2.83 bits per heavy atom. The zero-order chi connectivity index (χ0) is 19.4. The summed E-state index contributed by atoms with van der Waals surface area (Å²) in [5.74, 6) is 1.61. The molecule has 29 heavy (non-hydrogen) atoms. The van der Waals surface area contributed by atoms with E-state index in [-0.39, 0.29) is 0 Å². The van der Waals surface area contributed by atoms with Gasteiger partial charge >= 0.3 is 0 Å². The molecule has 7 heteroatoms. The Morgan fingerprint density at radius 2 is 2.00 bits per heavy atom. The van der Waals surface area contributed by atoms with E-state index < -0.39 is 0 Å². The number of hydrogen-bond acceptors (Lipinski definition) is 6. The van der Waals surface area contributed by atoms with Crippen molar-refractivity contribution in [2.75, 3.05) is 5.32 Å². The van der Waals surface area contributed by atoms with Crippen molar-refractivity contribution >= 4 is 27.5 Å². The average Bonchev–Trinajstić information content (AvgIpc) is 3.13. The number of fused-ring (bicyclic) bond motifs is 3. The van der Waals surface area contributed by atoms with Crippen LogP contribution in [-0.4, -0.2) is 24.7 Å². The highest BCUT2D eigenvalue weighted by atomic mass is 32.1. The summed E-state index contributed by atoms with van der Waals surface area (Å²) < 4.78 is 2.17. The molecular weight excluding hydrogens is 380 g/mol. The zero-order valence-corrected chi connectivity index (χ0v) is 17.2. The Hall–Kier alpha value is -2.80. The lowest BCUT2D eigenvalue weighted by molar-refractivity contribution is 0.689. The highest BCUT2D eigenvalue weighted by Gasteiger charge is 2.26. The van der Waals surface area contributed by atoms with Crippen LogP contribution in [0.25, 0.3) is 21.5 Å². The Morgan fingerprint density at radius 1 is 1.14 bits per heavy atom. The predicted octanol–water partition coefficient (Wildman–Crippen LogP) is 4.69. The minimum atomic E-state index is 0.564. The number of anilines is 1. The smallest absolute Gasteiger partial charge is 0.225 e. The Balaban J connectivity index is 1.41. The third-order valence-electron chi connectivity index (χ3n) is 5.88. The molecule has 1 fully saturated rings. The van der Waals surface area contributed by atoms with Gasteiger partial charge in [-0.05, 0) is 44.6 Å². The van der Waals surface area contributed by atoms with E-state index in [1.54, 1.807) is 0 Å². The third kappa shape index (κ3) is 3.00. The Labute approximate surface area is 173 Å². The topological polar surface area (TPSA) is 68.5 Å². The Kier molecular flexibility index (Phi) is 3.90. The van der Waals surface area contributed by atoms with Gasteiger partial charge in [0.25, 0.3) is 0 Å². The molecule has 2 aliphatic rings. The van der Waals surface area contributed by atoms with Crippen molar-refractivity contribution in [1.29, 1.82) is 0 Å². The molecule has 1 aromatic carbocycles. The first-order valence-electron chi connectivity index (χ1n) is 10.3. The predicted molar refractivity (Wildman–Crippen MR) is 115 cm³/mol. The van der Waals surface area contributed by atoms with Gasteiger partial charge in [-0.15, -0.1) is 21.5 Å². The van der Waals surface area contributed by atoms with Gasteiger partial charge < -0.3 is 9.88 Å². The summed E-state index contributed by atoms with van der Waals surface area (Å²) in [6, 6.07) is 9.21. The molecule has 146 valence electrons. The largest absolute Gasteiger partial charge is 0.347 e. The maximum atomic E-state index is 4.97. The summed E-state index contributed by atoms with van der Waals surface area (Å²) in [7, 11) is 0. The third-order valence-corrected chi connectivity index (χ3v) is 7.07. The maximum absolute atomic E-state index is 4.97. The fraction of sp³-hybridized carbons (Fsp3) is 0.364. The molecule has 4 aromatic rings. The van der Waals surface area contributed by atoms with Crippen molar-refractivity contribution in [2.45, 2.75) is 51.6 Å². The molecule has 0 atom stereocenters. The first-order chi connectivity index (χ1) is 14.3. The van der Waals surface area contributed by atoms with E-state index in [1.807, 2.05) is 17.7 Å². The van der Waals surface area contributed by atoms with Crippen molar-refractivity contribution in [3.63, 3.8) is 0 Å². The van der Waals surface area contributed by atoms with Gasteiger partial charge in [-0.25, -0.2) is 9.97 Å². The number of benzene rings is 1. The number of rotatable bonds is 5. The second-order valence-electron chi connectivity index (χ2n) is 8.04. The summed E-state index contributed by atoms with van der Waals surface area (Å²) in [6.45, 7) is 2.70. The van der Waals surface area contributed by atoms with Gasteiger partial charge in [-0.1, -0.05) is 29.8 Å². The van der Waals surface area contributed by atoms with Gasteiger partial charge in [-0.2, -0.15) is 0 Å². The van der Waals surface area contributed by atoms with E-state index in [0.29, 0.717) is 18.5 Å². The van der Waals surface area contributed by atoms with E-state index in [4.69, 9.17) is 9.97 Å². The monoisotopic (exact) mass is 402 g/mol. The lowest BCUT2D eigenvalue weighted by Gasteiger charge is -2.10. The van der Waals surface area contributed by atoms with Gasteiger partial charge in [0.05, 0.1) is 12.2 Å². The van der Waals surface area contributed by atoms with E-state index in [1.165, 1.54) is 40.7 Å². The molecule has 0 spiro atoms. The van der Waals surface area contributed by atoms with Crippen LogP contribution in [0, 0.1) is 6.92 Å². The SMILES string of the molecule is Cc1ccc(-c2nc(NCc3nncn3C3CC3)nc3sc4c(c23)CCC4)cc1. The summed E-state index contributed by atoms with van der Waals surface area (Å²) in [5, 5.41) is 13.0. The molecule has 0 aliphatic heterocycles. The van der Waals surface area contributed by atoms with Gasteiger partial charge in [0.1, 0.15) is 11.2 Å². The molecule has 6 nitrogen and oxygen atoms in total. The van der Waals surface area contributed by atoms with Crippen molar-refractivity contribution < 1.29 is 0 Å². The number of aryl methyl sites for hydroxylation is 3. The number of hydrogen-bond donors (Lipinski definition) is 1. The van der Waals surface area contributed by atoms with Gasteiger partial charge in [0.2, 0.25) is 5.95 Å². The van der Waals surface area contributed by atoms with Gasteiger partial charge in [0.15, 0.2) is 5.82 Å². The molecule has 0 unspecified atom stereocenters. The molecule has 6 rings (SSSR count). The first kappa shape index (κ1) is 17.1. The van der Waals surface area contributed by atoms with Crippen LogP contribution in [0.5, 0.6) is 0 Å².